The summed E-state index contributed by atoms with van der Waals surface area (Å²) in [5.41, 5.74) is -2.03. The molecule has 8 amide bonds. The summed E-state index contributed by atoms with van der Waals surface area (Å²) in [7, 11) is 4.91. The van der Waals surface area contributed by atoms with Gasteiger partial charge in [0.2, 0.25) is 41.4 Å². The molecule has 2 aliphatic heterocycles. The first kappa shape index (κ1) is 63.2. The molecule has 0 aromatic heterocycles. The van der Waals surface area contributed by atoms with Crippen LogP contribution in [-0.2, 0) is 57.5 Å². The van der Waals surface area contributed by atoms with Crippen LogP contribution in [-0.4, -0.2) is 200 Å². The van der Waals surface area contributed by atoms with E-state index in [1.807, 2.05) is 0 Å². The highest BCUT2D eigenvalue weighted by atomic mass is 16.6. The number of carbonyl (C=O) groups excluding carboxylic acids is 9. The van der Waals surface area contributed by atoms with Crippen LogP contribution in [0, 0.1) is 29.6 Å². The lowest BCUT2D eigenvalue weighted by Crippen LogP contribution is -2.63. The number of ether oxygens (including phenoxy) is 1. The Labute approximate surface area is 429 Å². The zero-order chi connectivity index (χ0) is 56.3. The van der Waals surface area contributed by atoms with Crippen LogP contribution in [0.2, 0.25) is 0 Å². The number of nitrogens with one attached hydrogen (secondary N) is 3. The Morgan fingerprint density at radius 1 is 0.630 bits per heavy atom. The van der Waals surface area contributed by atoms with Crippen LogP contribution in [0.5, 0.6) is 0 Å². The number of rotatable bonds is 13. The Morgan fingerprint density at radius 3 is 1.56 bits per heavy atom. The third-order valence-corrected chi connectivity index (χ3v) is 14.0. The Bertz CT molecular complexity index is 2040. The third kappa shape index (κ3) is 16.1. The maximum atomic E-state index is 14.6. The van der Waals surface area contributed by atoms with Crippen LogP contribution >= 0.6 is 0 Å². The standard InChI is InChI=1S/C50H84N8O15/c1-17-28(9)36-47(69)55(14)37(26(5)6)42(64)51-30(22-25(3)4)45(67)57(16)40(50(11,12)72)49(71)73-39(29(10)18-2)48(70)56(15)38(27(7)8)43(65)52-31(23-34(59)60)44(66)54(13)33(24-35(61)62)46(68)58-21-19-20-32(58)41(63)53-36/h25-33,36-40,72H,17-24H2,1-16H3,(H,51,64)(H,52,65)(H,53,63)(H,59,60)(H,61,62)/t28-,29-,30-,31-,32-,33-,36-,37-,38-,39+,40+/m0/s1. The molecule has 0 aliphatic carbocycles. The van der Waals surface area contributed by atoms with Gasteiger partial charge in [0, 0.05) is 40.7 Å². The minimum Gasteiger partial charge on any atom is -0.481 e. The number of carboxylic acid groups (broad SMARTS) is 2. The first-order valence-electron chi connectivity index (χ1n) is 25.3. The molecule has 11 atom stereocenters. The topological polar surface area (TPSA) is 310 Å². The predicted molar refractivity (Wildman–Crippen MR) is 265 cm³/mol. The monoisotopic (exact) mass is 1040 g/mol. The second-order valence-corrected chi connectivity index (χ2v) is 21.5. The molecule has 0 aromatic rings. The fourth-order valence-electron chi connectivity index (χ4n) is 9.62. The molecule has 414 valence electrons. The minimum absolute atomic E-state index is 0.0344. The highest BCUT2D eigenvalue weighted by Crippen LogP contribution is 2.27. The quantitative estimate of drug-likeness (QED) is 0.139. The van der Waals surface area contributed by atoms with Crippen LogP contribution in [0.3, 0.4) is 0 Å². The molecule has 23 nitrogen and oxygen atoms in total. The van der Waals surface area contributed by atoms with Gasteiger partial charge in [-0.15, -0.1) is 0 Å². The first-order valence-corrected chi connectivity index (χ1v) is 25.3. The lowest BCUT2D eigenvalue weighted by molar-refractivity contribution is -0.177. The molecule has 2 heterocycles. The molecule has 6 N–H and O–H groups in total. The number of aliphatic carboxylic acids is 2. The van der Waals surface area contributed by atoms with E-state index in [1.165, 1.54) is 39.9 Å². The third-order valence-electron chi connectivity index (χ3n) is 14.0. The van der Waals surface area contributed by atoms with E-state index in [2.05, 4.69) is 16.0 Å². The molecule has 0 unspecified atom stereocenters. The van der Waals surface area contributed by atoms with Gasteiger partial charge in [-0.25, -0.2) is 4.79 Å². The van der Waals surface area contributed by atoms with Gasteiger partial charge in [-0.1, -0.05) is 75.7 Å². The molecule has 73 heavy (non-hydrogen) atoms. The maximum Gasteiger partial charge on any atom is 0.332 e. The van der Waals surface area contributed by atoms with E-state index in [1.54, 1.807) is 69.2 Å². The molecule has 2 rings (SSSR count). The van der Waals surface area contributed by atoms with Crippen molar-refractivity contribution in [1.82, 2.24) is 40.4 Å². The maximum absolute atomic E-state index is 14.6. The molecule has 2 saturated heterocycles. The van der Waals surface area contributed by atoms with E-state index in [0.29, 0.717) is 11.3 Å². The summed E-state index contributed by atoms with van der Waals surface area (Å²) in [5.74, 6) is -14.3. The number of aliphatic hydroxyl groups is 1. The number of hydrogen-bond acceptors (Lipinski definition) is 13. The van der Waals surface area contributed by atoms with Crippen molar-refractivity contribution < 1.29 is 72.8 Å². The first-order chi connectivity index (χ1) is 33.7. The lowest BCUT2D eigenvalue weighted by Gasteiger charge is -2.39. The second kappa shape index (κ2) is 26.9. The normalized spacial score (nSPS) is 27.7. The lowest BCUT2D eigenvalue weighted by atomic mass is 9.93. The summed E-state index contributed by atoms with van der Waals surface area (Å²) in [4.78, 5) is 160. The van der Waals surface area contributed by atoms with Crippen molar-refractivity contribution in [3.05, 3.63) is 0 Å². The molecule has 0 saturated carbocycles. The summed E-state index contributed by atoms with van der Waals surface area (Å²) in [6.07, 6.45) is -2.70. The zero-order valence-corrected chi connectivity index (χ0v) is 45.7. The van der Waals surface area contributed by atoms with Crippen molar-refractivity contribution in [1.29, 1.82) is 0 Å². The van der Waals surface area contributed by atoms with Crippen LogP contribution in [0.25, 0.3) is 0 Å². The molecule has 23 heteroatoms. The highest BCUT2D eigenvalue weighted by molar-refractivity contribution is 6.00. The Hall–Kier alpha value is -5.87. The number of cyclic esters (lactones) is 1. The SMILES string of the molecule is CC[C@H](C)[C@@H]1NC(=O)[C@@H]2CCCN2C(=O)[C@H](CC(=O)O)N(C)C(=O)[C@H](CC(=O)O)NC(=O)[C@H](C(C)C)N(C)C(=O)[C@@H]([C@@H](C)CC)OC(=O)[C@H](C(C)(C)O)N(C)C(=O)[C@H](CC(C)C)NC(=O)[C@H](C(C)C)N(C)C1=O. The van der Waals surface area contributed by atoms with Crippen LogP contribution in [0.1, 0.15) is 128 Å². The molecule has 0 bridgehead atoms. The average molecular weight is 1040 g/mol. The number of hydrogen-bond donors (Lipinski definition) is 6. The fraction of sp³-hybridized carbons (Fsp3) is 0.780. The Balaban J connectivity index is 3.02. The minimum atomic E-state index is -2.03. The predicted octanol–water partition coefficient (Wildman–Crippen LogP) is 0.836. The van der Waals surface area contributed by atoms with Crippen molar-refractivity contribution >= 4 is 65.2 Å². The summed E-state index contributed by atoms with van der Waals surface area (Å²) in [6, 6.07) is -12.1. The van der Waals surface area contributed by atoms with E-state index in [0.717, 1.165) is 21.7 Å². The largest absolute Gasteiger partial charge is 0.481 e. The van der Waals surface area contributed by atoms with E-state index >= 15 is 0 Å². The number of likely N-dealkylation sites (N-methyl/N-ethyl adjacent to an activating group) is 4. The summed E-state index contributed by atoms with van der Waals surface area (Å²) in [6.45, 7) is 19.3. The number of carboxylic acids is 2. The number of nitrogens with zero attached hydrogens (tertiary/aromatic N) is 5. The number of esters is 1. The van der Waals surface area contributed by atoms with Gasteiger partial charge in [0.05, 0.1) is 18.4 Å². The van der Waals surface area contributed by atoms with Crippen molar-refractivity contribution in [3.63, 3.8) is 0 Å². The van der Waals surface area contributed by atoms with E-state index < -0.39 is 162 Å². The molecular formula is C50H84N8O15. The smallest absolute Gasteiger partial charge is 0.332 e. The van der Waals surface area contributed by atoms with Crippen molar-refractivity contribution in [2.75, 3.05) is 34.7 Å². The molecule has 0 aromatic carbocycles. The molecular weight excluding hydrogens is 953 g/mol. The zero-order valence-electron chi connectivity index (χ0n) is 45.7. The molecule has 0 radical (unpaired) electrons. The van der Waals surface area contributed by atoms with Gasteiger partial charge < -0.3 is 60.5 Å². The van der Waals surface area contributed by atoms with Gasteiger partial charge >= 0.3 is 17.9 Å². The molecule has 2 aliphatic rings. The average Bonchev–Trinajstić information content (AvgIpc) is 3.78. The van der Waals surface area contributed by atoms with E-state index in [9.17, 15) is 68.1 Å². The van der Waals surface area contributed by atoms with Crippen LogP contribution in [0.15, 0.2) is 0 Å². The molecule has 2 fully saturated rings. The Morgan fingerprint density at radius 2 is 1.11 bits per heavy atom. The van der Waals surface area contributed by atoms with Gasteiger partial charge in [0.25, 0.3) is 5.91 Å². The van der Waals surface area contributed by atoms with Gasteiger partial charge in [0.1, 0.15) is 42.3 Å². The summed E-state index contributed by atoms with van der Waals surface area (Å²) in [5, 5.41) is 39.5. The van der Waals surface area contributed by atoms with Gasteiger partial charge in [-0.3, -0.25) is 47.9 Å². The van der Waals surface area contributed by atoms with E-state index in [-0.39, 0.29) is 38.1 Å². The van der Waals surface area contributed by atoms with E-state index in [4.69, 9.17) is 4.74 Å². The summed E-state index contributed by atoms with van der Waals surface area (Å²) >= 11 is 0. The number of amides is 8. The van der Waals surface area contributed by atoms with Crippen molar-refractivity contribution in [2.24, 2.45) is 29.6 Å². The van der Waals surface area contributed by atoms with Crippen LogP contribution in [0.4, 0.5) is 0 Å². The number of carbonyl (C=O) groups is 11. The fourth-order valence-corrected chi connectivity index (χ4v) is 9.62. The van der Waals surface area contributed by atoms with Crippen molar-refractivity contribution in [3.8, 4) is 0 Å². The van der Waals surface area contributed by atoms with Gasteiger partial charge in [-0.2, -0.15) is 0 Å². The van der Waals surface area contributed by atoms with Gasteiger partial charge in [0.15, 0.2) is 12.1 Å². The highest BCUT2D eigenvalue weighted by Gasteiger charge is 2.48. The Kier molecular flexibility index (Phi) is 23.3. The van der Waals surface area contributed by atoms with Crippen molar-refractivity contribution in [2.45, 2.75) is 188 Å². The summed E-state index contributed by atoms with van der Waals surface area (Å²) < 4.78 is 5.92. The van der Waals surface area contributed by atoms with Crippen LogP contribution < -0.4 is 16.0 Å². The number of fused-ring (bicyclic) bond motifs is 1. The molecule has 0 spiro atoms. The second-order valence-electron chi connectivity index (χ2n) is 21.5. The van der Waals surface area contributed by atoms with Gasteiger partial charge in [-0.05, 0) is 63.2 Å².